The number of unbranched alkanes of at least 4 members (excludes halogenated alkanes) is 19. The first kappa shape index (κ1) is 37.7. The van der Waals surface area contributed by atoms with Crippen molar-refractivity contribution in [2.24, 2.45) is 0 Å². The molecule has 0 saturated heterocycles. The van der Waals surface area contributed by atoms with Gasteiger partial charge in [-0.25, -0.2) is 9.59 Å². The van der Waals surface area contributed by atoms with Crippen molar-refractivity contribution in [2.45, 2.75) is 188 Å². The Bertz CT molecular complexity index is 595. The zero-order valence-electron chi connectivity index (χ0n) is 26.7. The van der Waals surface area contributed by atoms with Gasteiger partial charge < -0.3 is 9.47 Å². The maximum atomic E-state index is 13.3. The van der Waals surface area contributed by atoms with Gasteiger partial charge in [0, 0.05) is 11.1 Å². The lowest BCUT2D eigenvalue weighted by atomic mass is 9.96. The molecule has 0 amide bonds. The van der Waals surface area contributed by atoms with E-state index in [1.54, 1.807) is 0 Å². The quantitative estimate of drug-likeness (QED) is 0.0528. The first-order valence-corrected chi connectivity index (χ1v) is 17.2. The molecule has 0 aromatic rings. The number of hydrogen-bond acceptors (Lipinski definition) is 4. The molecule has 4 heteroatoms. The van der Waals surface area contributed by atoms with Crippen LogP contribution in [0.15, 0.2) is 11.1 Å². The summed E-state index contributed by atoms with van der Waals surface area (Å²) in [6, 6.07) is 0. The zero-order valence-corrected chi connectivity index (χ0v) is 26.7. The molecule has 4 nitrogen and oxygen atoms in total. The lowest BCUT2D eigenvalue weighted by Gasteiger charge is -2.15. The number of ether oxygens (including phenoxy) is 2. The third-order valence-corrected chi connectivity index (χ3v) is 7.63. The summed E-state index contributed by atoms with van der Waals surface area (Å²) >= 11 is 0. The van der Waals surface area contributed by atoms with Crippen molar-refractivity contribution in [3.05, 3.63) is 11.1 Å². The Labute approximate surface area is 243 Å². The molecule has 0 aromatic heterocycles. The third-order valence-electron chi connectivity index (χ3n) is 7.63. The second kappa shape index (κ2) is 29.7. The largest absolute Gasteiger partial charge is 0.462 e. The van der Waals surface area contributed by atoms with Crippen LogP contribution in [0.4, 0.5) is 0 Å². The van der Waals surface area contributed by atoms with Gasteiger partial charge in [-0.2, -0.15) is 0 Å². The molecule has 0 aliphatic rings. The second-order valence-electron chi connectivity index (χ2n) is 11.4. The molecular formula is C35H66O4. The first-order valence-electron chi connectivity index (χ1n) is 17.2. The Kier molecular flexibility index (Phi) is 28.7. The van der Waals surface area contributed by atoms with Gasteiger partial charge in [-0.3, -0.25) is 0 Å². The molecule has 0 bridgehead atoms. The van der Waals surface area contributed by atoms with Gasteiger partial charge in [-0.15, -0.1) is 0 Å². The predicted octanol–water partition coefficient (Wildman–Crippen LogP) is 11.2. The predicted molar refractivity (Wildman–Crippen MR) is 167 cm³/mol. The highest BCUT2D eigenvalue weighted by Crippen LogP contribution is 2.23. The van der Waals surface area contributed by atoms with Crippen molar-refractivity contribution >= 4 is 11.9 Å². The van der Waals surface area contributed by atoms with Gasteiger partial charge in [0.2, 0.25) is 0 Å². The number of hydrogen-bond donors (Lipinski definition) is 0. The number of carbonyl (C=O) groups is 2. The Morgan fingerprint density at radius 1 is 0.359 bits per heavy atom. The van der Waals surface area contributed by atoms with E-state index >= 15 is 0 Å². The monoisotopic (exact) mass is 550 g/mol. The van der Waals surface area contributed by atoms with Crippen LogP contribution in [0.2, 0.25) is 0 Å². The maximum absolute atomic E-state index is 13.3. The molecule has 0 saturated carbocycles. The normalized spacial score (nSPS) is 11.9. The molecule has 0 spiro atoms. The fraction of sp³-hybridized carbons (Fsp3) is 0.886. The van der Waals surface area contributed by atoms with Crippen molar-refractivity contribution in [2.75, 3.05) is 13.2 Å². The summed E-state index contributed by atoms with van der Waals surface area (Å²) in [6.45, 7) is 9.77. The van der Waals surface area contributed by atoms with Crippen molar-refractivity contribution in [3.8, 4) is 0 Å². The fourth-order valence-electron chi connectivity index (χ4n) is 5.01. The Morgan fingerprint density at radius 2 is 0.615 bits per heavy atom. The van der Waals surface area contributed by atoms with Crippen LogP contribution in [0, 0.1) is 0 Å². The van der Waals surface area contributed by atoms with E-state index in [0.29, 0.717) is 37.2 Å². The van der Waals surface area contributed by atoms with E-state index in [1.807, 2.05) is 0 Å². The molecule has 0 N–H and O–H groups in total. The van der Waals surface area contributed by atoms with Crippen molar-refractivity contribution in [3.63, 3.8) is 0 Å². The van der Waals surface area contributed by atoms with Crippen LogP contribution in [-0.2, 0) is 19.1 Å². The van der Waals surface area contributed by atoms with E-state index in [9.17, 15) is 9.59 Å². The molecule has 0 radical (unpaired) electrons. The smallest absolute Gasteiger partial charge is 0.334 e. The van der Waals surface area contributed by atoms with Crippen molar-refractivity contribution in [1.29, 1.82) is 0 Å². The van der Waals surface area contributed by atoms with Gasteiger partial charge in [0.15, 0.2) is 0 Å². The van der Waals surface area contributed by atoms with Crippen molar-refractivity contribution < 1.29 is 19.1 Å². The summed E-state index contributed by atoms with van der Waals surface area (Å²) in [5, 5.41) is 0. The summed E-state index contributed by atoms with van der Waals surface area (Å²) in [5.74, 6) is -0.561. The van der Waals surface area contributed by atoms with Crippen LogP contribution >= 0.6 is 0 Å². The topological polar surface area (TPSA) is 52.6 Å². The van der Waals surface area contributed by atoms with E-state index in [-0.39, 0.29) is 11.9 Å². The minimum atomic E-state index is -0.281. The average Bonchev–Trinajstić information content (AvgIpc) is 2.94. The van der Waals surface area contributed by atoms with Gasteiger partial charge in [-0.1, -0.05) is 150 Å². The van der Waals surface area contributed by atoms with Gasteiger partial charge in [0.1, 0.15) is 0 Å². The molecule has 230 valence electrons. The standard InChI is InChI=1S/C35H66O4/c1-5-9-13-17-21-25-29-33(35(37)39-31-27-23-19-15-11-7-3)32(28-24-20-16-12-8-4)34(36)38-30-26-22-18-14-10-6-2/h5-31H2,1-4H3/b33-32-. The Balaban J connectivity index is 5.27. The average molecular weight is 551 g/mol. The number of esters is 2. The van der Waals surface area contributed by atoms with Gasteiger partial charge >= 0.3 is 11.9 Å². The molecule has 39 heavy (non-hydrogen) atoms. The van der Waals surface area contributed by atoms with Crippen LogP contribution < -0.4 is 0 Å². The van der Waals surface area contributed by atoms with Crippen LogP contribution in [0.5, 0.6) is 0 Å². The second-order valence-corrected chi connectivity index (χ2v) is 11.4. The van der Waals surface area contributed by atoms with Crippen molar-refractivity contribution in [1.82, 2.24) is 0 Å². The SMILES string of the molecule is CCCCCCCCOC(=O)/C(CCCCCCC)=C(/CCCCCCCC)C(=O)OCCCCCCCC. The van der Waals surface area contributed by atoms with Crippen LogP contribution in [0.1, 0.15) is 188 Å². The van der Waals surface area contributed by atoms with E-state index < -0.39 is 0 Å². The molecule has 0 rings (SSSR count). The third kappa shape index (κ3) is 23.1. The number of rotatable bonds is 29. The highest BCUT2D eigenvalue weighted by atomic mass is 16.5. The van der Waals surface area contributed by atoms with E-state index in [2.05, 4.69) is 27.7 Å². The molecule has 0 aliphatic heterocycles. The number of carbonyl (C=O) groups excluding carboxylic acids is 2. The highest BCUT2D eigenvalue weighted by Gasteiger charge is 2.23. The summed E-state index contributed by atoms with van der Waals surface area (Å²) < 4.78 is 11.5. The highest BCUT2D eigenvalue weighted by molar-refractivity contribution is 6.00. The summed E-state index contributed by atoms with van der Waals surface area (Å²) in [7, 11) is 0. The molecule has 0 unspecified atom stereocenters. The summed E-state index contributed by atoms with van der Waals surface area (Å²) in [6.07, 6.45) is 27.6. The summed E-state index contributed by atoms with van der Waals surface area (Å²) in [5.41, 5.74) is 1.19. The minimum absolute atomic E-state index is 0.280. The molecule has 0 fully saturated rings. The minimum Gasteiger partial charge on any atom is -0.462 e. The van der Waals surface area contributed by atoms with Gasteiger partial charge in [0.25, 0.3) is 0 Å². The lowest BCUT2D eigenvalue weighted by molar-refractivity contribution is -0.142. The Hall–Kier alpha value is -1.32. The van der Waals surface area contributed by atoms with E-state index in [4.69, 9.17) is 9.47 Å². The maximum Gasteiger partial charge on any atom is 0.334 e. The van der Waals surface area contributed by atoms with E-state index in [1.165, 1.54) is 96.3 Å². The molecule has 0 aromatic carbocycles. The molecule has 0 atom stereocenters. The molecule has 0 aliphatic carbocycles. The van der Waals surface area contributed by atoms with Gasteiger partial charge in [-0.05, 0) is 38.5 Å². The fourth-order valence-corrected chi connectivity index (χ4v) is 5.01. The van der Waals surface area contributed by atoms with Gasteiger partial charge in [0.05, 0.1) is 13.2 Å². The Morgan fingerprint density at radius 3 is 0.923 bits per heavy atom. The zero-order chi connectivity index (χ0) is 28.8. The first-order chi connectivity index (χ1) is 19.1. The van der Waals surface area contributed by atoms with Crippen LogP contribution in [0.25, 0.3) is 0 Å². The summed E-state index contributed by atoms with van der Waals surface area (Å²) in [4.78, 5) is 26.6. The lowest BCUT2D eigenvalue weighted by Crippen LogP contribution is -2.18. The van der Waals surface area contributed by atoms with Crippen LogP contribution in [0.3, 0.4) is 0 Å². The van der Waals surface area contributed by atoms with E-state index in [0.717, 1.165) is 51.4 Å². The molecule has 0 heterocycles. The molecular weight excluding hydrogens is 484 g/mol. The van der Waals surface area contributed by atoms with Crippen LogP contribution in [-0.4, -0.2) is 25.2 Å².